The molecule has 77 valence electrons. The van der Waals surface area contributed by atoms with E-state index in [0.717, 1.165) is 11.5 Å². The van der Waals surface area contributed by atoms with Crippen LogP contribution in [0.25, 0.3) is 0 Å². The van der Waals surface area contributed by atoms with Gasteiger partial charge in [-0.25, -0.2) is 0 Å². The van der Waals surface area contributed by atoms with Gasteiger partial charge < -0.3 is 14.9 Å². The number of ether oxygens (including phenoxy) is 1. The maximum Gasteiger partial charge on any atom is 0.164 e. The van der Waals surface area contributed by atoms with Crippen molar-refractivity contribution < 1.29 is 14.9 Å². The molecule has 0 heterocycles. The van der Waals surface area contributed by atoms with Crippen molar-refractivity contribution in [1.82, 2.24) is 0 Å². The van der Waals surface area contributed by atoms with E-state index >= 15 is 0 Å². The summed E-state index contributed by atoms with van der Waals surface area (Å²) in [5, 5.41) is 18.5. The van der Waals surface area contributed by atoms with Crippen molar-refractivity contribution in [3.8, 4) is 11.5 Å². The third kappa shape index (κ3) is 2.17. The van der Waals surface area contributed by atoms with Crippen LogP contribution in [0.1, 0.15) is 19.4 Å². The second-order valence-corrected chi connectivity index (χ2v) is 3.03. The lowest BCUT2D eigenvalue weighted by atomic mass is 10.0. The summed E-state index contributed by atoms with van der Waals surface area (Å²) in [4.78, 5) is 0. The third-order valence-electron chi connectivity index (χ3n) is 1.98. The average molecular weight is 195 g/mol. The Balaban J connectivity index is 3.07. The van der Waals surface area contributed by atoms with E-state index in [9.17, 15) is 5.11 Å². The van der Waals surface area contributed by atoms with Gasteiger partial charge in [0.05, 0.1) is 13.2 Å². The normalized spacial score (nSPS) is 10.6. The van der Waals surface area contributed by atoms with Crippen LogP contribution in [0.4, 0.5) is 0 Å². The average Bonchev–Trinajstić information content (AvgIpc) is 2.20. The van der Waals surface area contributed by atoms with Crippen LogP contribution in [0.2, 0.25) is 0 Å². The molecule has 0 aliphatic carbocycles. The SMILES string of the molecule is CCOc1c(O)cccc1[C](C)CO. The Bertz CT molecular complexity index is 297. The summed E-state index contributed by atoms with van der Waals surface area (Å²) in [7, 11) is 0. The van der Waals surface area contributed by atoms with Gasteiger partial charge in [-0.2, -0.15) is 0 Å². The number of rotatable bonds is 4. The molecule has 0 spiro atoms. The standard InChI is InChI=1S/C11H15O3/c1-3-14-11-9(8(2)7-12)5-4-6-10(11)13/h4-6,12-13H,3,7H2,1-2H3. The van der Waals surface area contributed by atoms with Crippen molar-refractivity contribution in [2.45, 2.75) is 13.8 Å². The first-order chi connectivity index (χ1) is 6.70. The predicted octanol–water partition coefficient (Wildman–Crippen LogP) is 1.73. The van der Waals surface area contributed by atoms with Crippen LogP contribution < -0.4 is 4.74 Å². The van der Waals surface area contributed by atoms with Crippen molar-refractivity contribution in [3.63, 3.8) is 0 Å². The molecule has 0 saturated heterocycles. The summed E-state index contributed by atoms with van der Waals surface area (Å²) in [6.07, 6.45) is 0. The maximum absolute atomic E-state index is 9.55. The molecule has 0 fully saturated rings. The Labute approximate surface area is 84.0 Å². The summed E-state index contributed by atoms with van der Waals surface area (Å²) in [6, 6.07) is 5.11. The fraction of sp³-hybridized carbons (Fsp3) is 0.364. The van der Waals surface area contributed by atoms with Crippen LogP contribution in [0.3, 0.4) is 0 Å². The number of hydrogen-bond acceptors (Lipinski definition) is 3. The largest absolute Gasteiger partial charge is 0.504 e. The molecule has 3 nitrogen and oxygen atoms in total. The van der Waals surface area contributed by atoms with Gasteiger partial charge in [-0.05, 0) is 13.0 Å². The minimum atomic E-state index is -0.0382. The number of hydrogen-bond donors (Lipinski definition) is 2. The number of aromatic hydroxyl groups is 1. The fourth-order valence-electron chi connectivity index (χ4n) is 1.24. The van der Waals surface area contributed by atoms with Crippen molar-refractivity contribution in [2.75, 3.05) is 13.2 Å². The van der Waals surface area contributed by atoms with Crippen LogP contribution in [-0.4, -0.2) is 23.4 Å². The maximum atomic E-state index is 9.55. The topological polar surface area (TPSA) is 49.7 Å². The highest BCUT2D eigenvalue weighted by molar-refractivity contribution is 5.51. The quantitative estimate of drug-likeness (QED) is 0.769. The highest BCUT2D eigenvalue weighted by Gasteiger charge is 2.14. The number of phenolic OH excluding ortho intramolecular Hbond substituents is 1. The minimum absolute atomic E-state index is 0.0382. The van der Waals surface area contributed by atoms with Gasteiger partial charge in [-0.1, -0.05) is 19.1 Å². The Kier molecular flexibility index (Phi) is 3.77. The van der Waals surface area contributed by atoms with Gasteiger partial charge in [0.15, 0.2) is 11.5 Å². The molecule has 0 aliphatic rings. The first kappa shape index (κ1) is 10.9. The summed E-state index contributed by atoms with van der Waals surface area (Å²) < 4.78 is 5.31. The zero-order valence-electron chi connectivity index (χ0n) is 8.45. The lowest BCUT2D eigenvalue weighted by molar-refractivity contribution is 0.300. The van der Waals surface area contributed by atoms with Gasteiger partial charge >= 0.3 is 0 Å². The molecule has 0 atom stereocenters. The summed E-state index contributed by atoms with van der Waals surface area (Å²) in [6.45, 7) is 4.11. The van der Waals surface area contributed by atoms with E-state index in [0.29, 0.717) is 12.4 Å². The van der Waals surface area contributed by atoms with Gasteiger partial charge in [0.1, 0.15) is 0 Å². The van der Waals surface area contributed by atoms with Crippen molar-refractivity contribution in [1.29, 1.82) is 0 Å². The first-order valence-corrected chi connectivity index (χ1v) is 4.59. The highest BCUT2D eigenvalue weighted by Crippen LogP contribution is 2.34. The molecular weight excluding hydrogens is 180 g/mol. The molecule has 1 aromatic carbocycles. The van der Waals surface area contributed by atoms with Crippen molar-refractivity contribution in [2.24, 2.45) is 0 Å². The molecule has 0 saturated carbocycles. The van der Waals surface area contributed by atoms with E-state index in [4.69, 9.17) is 9.84 Å². The van der Waals surface area contributed by atoms with E-state index in [-0.39, 0.29) is 12.4 Å². The van der Waals surface area contributed by atoms with Crippen LogP contribution in [0.15, 0.2) is 18.2 Å². The smallest absolute Gasteiger partial charge is 0.164 e. The van der Waals surface area contributed by atoms with Gasteiger partial charge in [-0.15, -0.1) is 0 Å². The zero-order valence-corrected chi connectivity index (χ0v) is 8.45. The zero-order chi connectivity index (χ0) is 10.6. The molecule has 2 N–H and O–H groups in total. The summed E-state index contributed by atoms with van der Waals surface area (Å²) in [5.74, 6) is 1.34. The fourth-order valence-corrected chi connectivity index (χ4v) is 1.24. The Morgan fingerprint density at radius 3 is 2.71 bits per heavy atom. The van der Waals surface area contributed by atoms with Gasteiger partial charge in [-0.3, -0.25) is 0 Å². The molecule has 0 aromatic heterocycles. The van der Waals surface area contributed by atoms with Crippen LogP contribution >= 0.6 is 0 Å². The lowest BCUT2D eigenvalue weighted by Crippen LogP contribution is -2.04. The van der Waals surface area contributed by atoms with Gasteiger partial charge in [0.25, 0.3) is 0 Å². The lowest BCUT2D eigenvalue weighted by Gasteiger charge is -2.14. The summed E-state index contributed by atoms with van der Waals surface area (Å²) >= 11 is 0. The molecule has 14 heavy (non-hydrogen) atoms. The van der Waals surface area contributed by atoms with E-state index < -0.39 is 0 Å². The van der Waals surface area contributed by atoms with Crippen molar-refractivity contribution >= 4 is 0 Å². The molecule has 1 rings (SSSR count). The van der Waals surface area contributed by atoms with Crippen LogP contribution in [-0.2, 0) is 0 Å². The van der Waals surface area contributed by atoms with Crippen LogP contribution in [0.5, 0.6) is 11.5 Å². The predicted molar refractivity (Wildman–Crippen MR) is 54.4 cm³/mol. The molecular formula is C11H15O3. The second kappa shape index (κ2) is 4.86. The molecule has 0 amide bonds. The van der Waals surface area contributed by atoms with Crippen LogP contribution in [0, 0.1) is 5.92 Å². The number of aliphatic hydroxyl groups excluding tert-OH is 1. The van der Waals surface area contributed by atoms with E-state index in [2.05, 4.69) is 0 Å². The van der Waals surface area contributed by atoms with Gasteiger partial charge in [0, 0.05) is 11.5 Å². The first-order valence-electron chi connectivity index (χ1n) is 4.59. The minimum Gasteiger partial charge on any atom is -0.504 e. The molecule has 0 bridgehead atoms. The Morgan fingerprint density at radius 2 is 2.14 bits per heavy atom. The monoisotopic (exact) mass is 195 g/mol. The van der Waals surface area contributed by atoms with E-state index in [1.807, 2.05) is 13.0 Å². The Morgan fingerprint density at radius 1 is 1.43 bits per heavy atom. The third-order valence-corrected chi connectivity index (χ3v) is 1.98. The molecule has 0 aliphatic heterocycles. The number of benzene rings is 1. The highest BCUT2D eigenvalue weighted by atomic mass is 16.5. The van der Waals surface area contributed by atoms with Crippen molar-refractivity contribution in [3.05, 3.63) is 29.7 Å². The van der Waals surface area contributed by atoms with E-state index in [1.54, 1.807) is 19.1 Å². The summed E-state index contributed by atoms with van der Waals surface area (Å²) in [5.41, 5.74) is 0.759. The molecule has 0 unspecified atom stereocenters. The Hall–Kier alpha value is -1.22. The molecule has 3 heteroatoms. The van der Waals surface area contributed by atoms with E-state index in [1.165, 1.54) is 0 Å². The molecule has 1 radical (unpaired) electrons. The number of para-hydroxylation sites is 1. The number of phenols is 1. The second-order valence-electron chi connectivity index (χ2n) is 3.03. The number of aliphatic hydroxyl groups is 1. The molecule has 1 aromatic rings. The van der Waals surface area contributed by atoms with Gasteiger partial charge in [0.2, 0.25) is 0 Å².